The molecule has 0 heterocycles. The van der Waals surface area contributed by atoms with Gasteiger partial charge in [-0.15, -0.1) is 0 Å². The minimum absolute atomic E-state index is 0.0851. The third kappa shape index (κ3) is 13.2. The first-order valence-electron chi connectivity index (χ1n) is 18.2. The predicted octanol–water partition coefficient (Wildman–Crippen LogP) is 13.0. The summed E-state index contributed by atoms with van der Waals surface area (Å²) in [4.78, 5) is 13.2. The molecule has 3 rings (SSSR count). The van der Waals surface area contributed by atoms with Crippen molar-refractivity contribution >= 4 is 5.97 Å². The number of hydrogen-bond acceptors (Lipinski definition) is 3. The van der Waals surface area contributed by atoms with Crippen molar-refractivity contribution in [3.63, 3.8) is 0 Å². The van der Waals surface area contributed by atoms with Crippen molar-refractivity contribution in [3.05, 3.63) is 89.5 Å². The number of unbranched alkanes of at least 4 members (excludes halogenated alkanes) is 11. The lowest BCUT2D eigenvalue weighted by Gasteiger charge is -2.20. The molecule has 3 aromatic rings. The van der Waals surface area contributed by atoms with E-state index in [1.807, 2.05) is 36.4 Å². The van der Waals surface area contributed by atoms with Crippen LogP contribution in [0.15, 0.2) is 72.8 Å². The van der Waals surface area contributed by atoms with E-state index in [2.05, 4.69) is 64.1 Å². The molecule has 2 atom stereocenters. The Labute approximate surface area is 275 Å². The van der Waals surface area contributed by atoms with Crippen LogP contribution in [0.25, 0.3) is 11.1 Å². The van der Waals surface area contributed by atoms with Gasteiger partial charge in [-0.2, -0.15) is 0 Å². The topological polar surface area (TPSA) is 35.5 Å². The standard InChI is InChI=1S/C42H60O3/c1-5-8-10-12-14-16-20-33-44-34(4)35-25-27-36(28-26-35)37-29-31-39(32-30-37)42(43)45-41-24-19-18-23-40(41)38(21-7-3)22-17-15-13-11-9-6-2/h18-19,23-32,34,38H,5-17,20-22,33H2,1-4H3. The molecule has 0 aliphatic carbocycles. The molecule has 0 spiro atoms. The summed E-state index contributed by atoms with van der Waals surface area (Å²) in [6, 6.07) is 24.5. The van der Waals surface area contributed by atoms with E-state index in [1.54, 1.807) is 0 Å². The maximum Gasteiger partial charge on any atom is 0.343 e. The van der Waals surface area contributed by atoms with Crippen LogP contribution in [0, 0.1) is 0 Å². The quantitative estimate of drug-likeness (QED) is 0.0607. The molecule has 0 saturated carbocycles. The van der Waals surface area contributed by atoms with Crippen LogP contribution in [0.1, 0.15) is 164 Å². The smallest absolute Gasteiger partial charge is 0.343 e. The predicted molar refractivity (Wildman–Crippen MR) is 191 cm³/mol. The Morgan fingerprint density at radius 1 is 0.600 bits per heavy atom. The highest BCUT2D eigenvalue weighted by Gasteiger charge is 2.18. The highest BCUT2D eigenvalue weighted by Crippen LogP contribution is 2.34. The SMILES string of the molecule is CCCCCCCCCOC(C)c1ccc(-c2ccc(C(=O)Oc3ccccc3C(CCC)CCCCCCCC)cc2)cc1. The zero-order chi connectivity index (χ0) is 32.1. The van der Waals surface area contributed by atoms with Crippen LogP contribution in [-0.4, -0.2) is 12.6 Å². The lowest BCUT2D eigenvalue weighted by Crippen LogP contribution is -2.11. The lowest BCUT2D eigenvalue weighted by atomic mass is 9.88. The molecule has 0 aromatic heterocycles. The summed E-state index contributed by atoms with van der Waals surface area (Å²) < 4.78 is 12.1. The fourth-order valence-corrected chi connectivity index (χ4v) is 6.21. The molecule has 0 radical (unpaired) electrons. The monoisotopic (exact) mass is 612 g/mol. The van der Waals surface area contributed by atoms with Crippen molar-refractivity contribution in [2.24, 2.45) is 0 Å². The van der Waals surface area contributed by atoms with Gasteiger partial charge in [0, 0.05) is 6.61 Å². The normalized spacial score (nSPS) is 12.6. The third-order valence-electron chi connectivity index (χ3n) is 9.05. The minimum atomic E-state index is -0.300. The van der Waals surface area contributed by atoms with Crippen LogP contribution < -0.4 is 4.74 Å². The van der Waals surface area contributed by atoms with Gasteiger partial charge in [0.1, 0.15) is 5.75 Å². The molecule has 2 unspecified atom stereocenters. The van der Waals surface area contributed by atoms with Gasteiger partial charge in [0.25, 0.3) is 0 Å². The largest absolute Gasteiger partial charge is 0.423 e. The van der Waals surface area contributed by atoms with E-state index in [4.69, 9.17) is 9.47 Å². The molecule has 3 nitrogen and oxygen atoms in total. The van der Waals surface area contributed by atoms with Crippen LogP contribution >= 0.6 is 0 Å². The minimum Gasteiger partial charge on any atom is -0.423 e. The van der Waals surface area contributed by atoms with Crippen LogP contribution in [0.4, 0.5) is 0 Å². The molecular formula is C42H60O3. The molecule has 0 bridgehead atoms. The molecule has 246 valence electrons. The van der Waals surface area contributed by atoms with Crippen LogP contribution in [0.5, 0.6) is 5.75 Å². The van der Waals surface area contributed by atoms with E-state index in [9.17, 15) is 4.79 Å². The molecule has 0 fully saturated rings. The second-order valence-electron chi connectivity index (χ2n) is 12.8. The van der Waals surface area contributed by atoms with Crippen LogP contribution in [0.2, 0.25) is 0 Å². The zero-order valence-corrected chi connectivity index (χ0v) is 28.8. The van der Waals surface area contributed by atoms with Crippen molar-refractivity contribution in [2.45, 2.75) is 142 Å². The van der Waals surface area contributed by atoms with Gasteiger partial charge in [-0.05, 0) is 72.6 Å². The second kappa shape index (κ2) is 21.8. The summed E-state index contributed by atoms with van der Waals surface area (Å²) in [6.07, 6.45) is 20.3. The number of para-hydroxylation sites is 1. The Kier molecular flexibility index (Phi) is 17.7. The molecule has 0 aliphatic rings. The molecule has 0 saturated heterocycles. The molecule has 3 heteroatoms. The van der Waals surface area contributed by atoms with Gasteiger partial charge in [0.15, 0.2) is 0 Å². The molecular weight excluding hydrogens is 552 g/mol. The average Bonchev–Trinajstić information content (AvgIpc) is 3.07. The molecule has 3 aromatic carbocycles. The first-order chi connectivity index (χ1) is 22.1. The molecule has 0 aliphatic heterocycles. The van der Waals surface area contributed by atoms with Gasteiger partial charge in [-0.1, -0.05) is 159 Å². The number of benzene rings is 3. The Balaban J connectivity index is 1.52. The highest BCUT2D eigenvalue weighted by molar-refractivity contribution is 5.91. The van der Waals surface area contributed by atoms with Gasteiger partial charge in [0.2, 0.25) is 0 Å². The van der Waals surface area contributed by atoms with E-state index < -0.39 is 0 Å². The third-order valence-corrected chi connectivity index (χ3v) is 9.05. The van der Waals surface area contributed by atoms with E-state index in [1.165, 1.54) is 88.2 Å². The van der Waals surface area contributed by atoms with E-state index in [0.717, 1.165) is 43.4 Å². The van der Waals surface area contributed by atoms with Gasteiger partial charge < -0.3 is 9.47 Å². The van der Waals surface area contributed by atoms with E-state index in [0.29, 0.717) is 17.2 Å². The van der Waals surface area contributed by atoms with Crippen molar-refractivity contribution in [1.29, 1.82) is 0 Å². The van der Waals surface area contributed by atoms with E-state index >= 15 is 0 Å². The fourth-order valence-electron chi connectivity index (χ4n) is 6.21. The van der Waals surface area contributed by atoms with Crippen LogP contribution in [-0.2, 0) is 4.74 Å². The number of esters is 1. The van der Waals surface area contributed by atoms with Crippen molar-refractivity contribution in [2.75, 3.05) is 6.61 Å². The maximum atomic E-state index is 13.2. The zero-order valence-electron chi connectivity index (χ0n) is 28.8. The van der Waals surface area contributed by atoms with Gasteiger partial charge in [0.05, 0.1) is 11.7 Å². The van der Waals surface area contributed by atoms with Crippen molar-refractivity contribution in [3.8, 4) is 16.9 Å². The average molecular weight is 613 g/mol. The van der Waals surface area contributed by atoms with Crippen molar-refractivity contribution in [1.82, 2.24) is 0 Å². The number of carbonyl (C=O) groups is 1. The van der Waals surface area contributed by atoms with Gasteiger partial charge in [-0.25, -0.2) is 4.79 Å². The summed E-state index contributed by atoms with van der Waals surface area (Å²) in [6.45, 7) is 9.71. The summed E-state index contributed by atoms with van der Waals surface area (Å²) in [5.41, 5.74) is 5.13. The van der Waals surface area contributed by atoms with Gasteiger partial charge in [-0.3, -0.25) is 0 Å². The number of rotatable bonds is 23. The molecule has 0 amide bonds. The van der Waals surface area contributed by atoms with Crippen LogP contribution in [0.3, 0.4) is 0 Å². The van der Waals surface area contributed by atoms with Gasteiger partial charge >= 0.3 is 5.97 Å². The number of hydrogen-bond donors (Lipinski definition) is 0. The maximum absolute atomic E-state index is 13.2. The number of carbonyl (C=O) groups excluding carboxylic acids is 1. The second-order valence-corrected chi connectivity index (χ2v) is 12.8. The summed E-state index contributed by atoms with van der Waals surface area (Å²) in [5, 5.41) is 0. The fraction of sp³-hybridized carbons (Fsp3) is 0.548. The summed E-state index contributed by atoms with van der Waals surface area (Å²) in [7, 11) is 0. The Morgan fingerprint density at radius 3 is 1.78 bits per heavy atom. The number of ether oxygens (including phenoxy) is 2. The summed E-state index contributed by atoms with van der Waals surface area (Å²) in [5.74, 6) is 0.824. The highest BCUT2D eigenvalue weighted by atomic mass is 16.5. The Hall–Kier alpha value is -2.91. The summed E-state index contributed by atoms with van der Waals surface area (Å²) >= 11 is 0. The first-order valence-corrected chi connectivity index (χ1v) is 18.2. The Bertz CT molecular complexity index is 1200. The lowest BCUT2D eigenvalue weighted by molar-refractivity contribution is 0.0627. The first kappa shape index (κ1) is 36.6. The molecule has 45 heavy (non-hydrogen) atoms. The molecule has 0 N–H and O–H groups in total. The van der Waals surface area contributed by atoms with E-state index in [-0.39, 0.29) is 12.1 Å². The Morgan fingerprint density at radius 2 is 1.16 bits per heavy atom. The van der Waals surface area contributed by atoms with Crippen molar-refractivity contribution < 1.29 is 14.3 Å².